The number of carbonyl (C=O) groups is 1. The molecule has 94 valence electrons. The van der Waals surface area contributed by atoms with E-state index >= 15 is 0 Å². The number of benzene rings is 1. The minimum Gasteiger partial charge on any atom is -0.481 e. The molecule has 0 saturated heterocycles. The van der Waals surface area contributed by atoms with Gasteiger partial charge in [-0.3, -0.25) is 9.20 Å². The van der Waals surface area contributed by atoms with Crippen molar-refractivity contribution < 1.29 is 9.90 Å². The van der Waals surface area contributed by atoms with E-state index in [9.17, 15) is 4.79 Å². The Morgan fingerprint density at radius 1 is 1.42 bits per heavy atom. The monoisotopic (exact) mass is 270 g/mol. The zero-order valence-corrected chi connectivity index (χ0v) is 10.8. The van der Waals surface area contributed by atoms with Crippen LogP contribution < -0.4 is 0 Å². The highest BCUT2D eigenvalue weighted by molar-refractivity contribution is 7.15. The molecule has 1 aromatic carbocycles. The van der Waals surface area contributed by atoms with Crippen LogP contribution in [0.4, 0.5) is 0 Å². The highest BCUT2D eigenvalue weighted by Gasteiger charge is 2.25. The Hall–Kier alpha value is -2.14. The summed E-state index contributed by atoms with van der Waals surface area (Å²) in [6, 6.07) is 8.22. The maximum Gasteiger partial charge on any atom is 0.309 e. The second kappa shape index (κ2) is 3.68. The van der Waals surface area contributed by atoms with E-state index in [-0.39, 0.29) is 6.42 Å². The van der Waals surface area contributed by atoms with E-state index in [1.54, 1.807) is 0 Å². The SMILES string of the molecule is O=C(O)Cc1csc2nc3c(n12)Cc1ccccc1-3. The summed E-state index contributed by atoms with van der Waals surface area (Å²) in [7, 11) is 0. The van der Waals surface area contributed by atoms with Gasteiger partial charge in [-0.25, -0.2) is 4.98 Å². The number of thiazole rings is 1. The third kappa shape index (κ3) is 1.45. The first-order chi connectivity index (χ1) is 9.24. The molecule has 1 aliphatic carbocycles. The van der Waals surface area contributed by atoms with E-state index in [1.807, 2.05) is 21.9 Å². The van der Waals surface area contributed by atoms with E-state index in [0.29, 0.717) is 0 Å². The number of carboxylic acids is 1. The largest absolute Gasteiger partial charge is 0.481 e. The minimum absolute atomic E-state index is 0.0408. The molecule has 0 spiro atoms. The second-order valence-electron chi connectivity index (χ2n) is 4.66. The zero-order valence-electron chi connectivity index (χ0n) is 9.96. The van der Waals surface area contributed by atoms with Crippen molar-refractivity contribution in [3.05, 3.63) is 46.6 Å². The summed E-state index contributed by atoms with van der Waals surface area (Å²) in [6.45, 7) is 0. The number of hydrogen-bond acceptors (Lipinski definition) is 3. The van der Waals surface area contributed by atoms with Gasteiger partial charge < -0.3 is 5.11 Å². The summed E-state index contributed by atoms with van der Waals surface area (Å²) in [5, 5.41) is 10.9. The standard InChI is InChI=1S/C14H10N2O2S/c17-12(18)6-9-7-19-14-15-13-10-4-2-1-3-8(10)5-11(13)16(9)14/h1-4,7H,5-6H2,(H,17,18). The molecule has 1 N–H and O–H groups in total. The van der Waals surface area contributed by atoms with Crippen LogP contribution in [0.5, 0.6) is 0 Å². The predicted octanol–water partition coefficient (Wildman–Crippen LogP) is 2.59. The summed E-state index contributed by atoms with van der Waals surface area (Å²) in [5.41, 5.74) is 5.38. The Morgan fingerprint density at radius 2 is 2.26 bits per heavy atom. The van der Waals surface area contributed by atoms with Crippen LogP contribution in [0.25, 0.3) is 16.2 Å². The molecule has 0 amide bonds. The smallest absolute Gasteiger partial charge is 0.309 e. The van der Waals surface area contributed by atoms with Crippen LogP contribution in [0.3, 0.4) is 0 Å². The van der Waals surface area contributed by atoms with Crippen LogP contribution in [0.1, 0.15) is 17.0 Å². The Morgan fingerprint density at radius 3 is 3.11 bits per heavy atom. The van der Waals surface area contributed by atoms with Crippen LogP contribution in [0.15, 0.2) is 29.6 Å². The maximum absolute atomic E-state index is 10.9. The third-order valence-corrected chi connectivity index (χ3v) is 4.37. The number of aliphatic carboxylic acids is 1. The van der Waals surface area contributed by atoms with Crippen molar-refractivity contribution >= 4 is 22.3 Å². The lowest BCUT2D eigenvalue weighted by atomic mass is 10.1. The van der Waals surface area contributed by atoms with Gasteiger partial charge in [-0.05, 0) is 5.56 Å². The second-order valence-corrected chi connectivity index (χ2v) is 5.49. The van der Waals surface area contributed by atoms with Gasteiger partial charge in [-0.1, -0.05) is 24.3 Å². The molecule has 5 heteroatoms. The Balaban J connectivity index is 1.95. The van der Waals surface area contributed by atoms with Gasteiger partial charge in [0.2, 0.25) is 0 Å². The number of rotatable bonds is 2. The van der Waals surface area contributed by atoms with Crippen LogP contribution in [0.2, 0.25) is 0 Å². The van der Waals surface area contributed by atoms with E-state index in [0.717, 1.165) is 28.5 Å². The molecule has 3 aromatic rings. The quantitative estimate of drug-likeness (QED) is 0.609. The molecule has 0 radical (unpaired) electrons. The molecule has 0 atom stereocenters. The molecule has 1 aliphatic rings. The molecule has 0 bridgehead atoms. The molecule has 4 nitrogen and oxygen atoms in total. The van der Waals surface area contributed by atoms with Gasteiger partial charge in [0.05, 0.1) is 17.8 Å². The van der Waals surface area contributed by atoms with E-state index < -0.39 is 5.97 Å². The van der Waals surface area contributed by atoms with Gasteiger partial charge in [0.1, 0.15) is 0 Å². The lowest BCUT2D eigenvalue weighted by molar-refractivity contribution is -0.136. The van der Waals surface area contributed by atoms with Crippen LogP contribution >= 0.6 is 11.3 Å². The van der Waals surface area contributed by atoms with Gasteiger partial charge in [0.25, 0.3) is 0 Å². The first-order valence-corrected chi connectivity index (χ1v) is 6.90. The molecule has 0 fully saturated rings. The van der Waals surface area contributed by atoms with Crippen molar-refractivity contribution in [3.8, 4) is 11.3 Å². The fourth-order valence-electron chi connectivity index (χ4n) is 2.72. The molecule has 2 aromatic heterocycles. The predicted molar refractivity (Wildman–Crippen MR) is 72.7 cm³/mol. The highest BCUT2D eigenvalue weighted by Crippen LogP contribution is 2.38. The normalized spacial score (nSPS) is 12.6. The fraction of sp³-hybridized carbons (Fsp3) is 0.143. The molecule has 0 aliphatic heterocycles. The third-order valence-electron chi connectivity index (χ3n) is 3.49. The first kappa shape index (κ1) is 10.8. The summed E-state index contributed by atoms with van der Waals surface area (Å²) >= 11 is 1.50. The average Bonchev–Trinajstić information content (AvgIpc) is 2.99. The van der Waals surface area contributed by atoms with Gasteiger partial charge in [-0.15, -0.1) is 11.3 Å². The maximum atomic E-state index is 10.9. The Bertz CT molecular complexity index is 816. The molecule has 0 saturated carbocycles. The van der Waals surface area contributed by atoms with Crippen LogP contribution in [-0.4, -0.2) is 20.5 Å². The Kier molecular flexibility index (Phi) is 2.08. The van der Waals surface area contributed by atoms with Crippen molar-refractivity contribution in [3.63, 3.8) is 0 Å². The van der Waals surface area contributed by atoms with Crippen molar-refractivity contribution in [2.24, 2.45) is 0 Å². The average molecular weight is 270 g/mol. The van der Waals surface area contributed by atoms with E-state index in [4.69, 9.17) is 5.11 Å². The van der Waals surface area contributed by atoms with E-state index in [2.05, 4.69) is 17.1 Å². The summed E-state index contributed by atoms with van der Waals surface area (Å²) in [4.78, 5) is 16.5. The van der Waals surface area contributed by atoms with Crippen LogP contribution in [0, 0.1) is 0 Å². The number of hydrogen-bond donors (Lipinski definition) is 1. The lowest BCUT2D eigenvalue weighted by Crippen LogP contribution is -2.04. The summed E-state index contributed by atoms with van der Waals surface area (Å²) in [6.07, 6.45) is 0.870. The lowest BCUT2D eigenvalue weighted by Gasteiger charge is -1.99. The van der Waals surface area contributed by atoms with Crippen LogP contribution in [-0.2, 0) is 17.6 Å². The Labute approximate surface area is 113 Å². The number of imidazole rings is 1. The minimum atomic E-state index is -0.808. The number of carboxylic acid groups (broad SMARTS) is 1. The highest BCUT2D eigenvalue weighted by atomic mass is 32.1. The van der Waals surface area contributed by atoms with Gasteiger partial charge >= 0.3 is 5.97 Å². The molecule has 4 rings (SSSR count). The topological polar surface area (TPSA) is 54.6 Å². The number of nitrogens with zero attached hydrogens (tertiary/aromatic N) is 2. The van der Waals surface area contributed by atoms with E-state index in [1.165, 1.54) is 22.5 Å². The van der Waals surface area contributed by atoms with Gasteiger partial charge in [0, 0.05) is 23.1 Å². The van der Waals surface area contributed by atoms with Gasteiger partial charge in [-0.2, -0.15) is 0 Å². The van der Waals surface area contributed by atoms with Gasteiger partial charge in [0.15, 0.2) is 4.96 Å². The van der Waals surface area contributed by atoms with Crippen molar-refractivity contribution in [1.29, 1.82) is 0 Å². The number of fused-ring (bicyclic) bond motifs is 5. The molecular formula is C14H10N2O2S. The van der Waals surface area contributed by atoms with Crippen molar-refractivity contribution in [2.45, 2.75) is 12.8 Å². The molecular weight excluding hydrogens is 260 g/mol. The molecule has 2 heterocycles. The zero-order chi connectivity index (χ0) is 13.0. The fourth-order valence-corrected chi connectivity index (χ4v) is 3.63. The molecule has 0 unspecified atom stereocenters. The number of aromatic nitrogens is 2. The van der Waals surface area contributed by atoms with Crippen molar-refractivity contribution in [1.82, 2.24) is 9.38 Å². The molecule has 19 heavy (non-hydrogen) atoms. The first-order valence-electron chi connectivity index (χ1n) is 6.02. The van der Waals surface area contributed by atoms with Crippen molar-refractivity contribution in [2.75, 3.05) is 0 Å². The summed E-state index contributed by atoms with van der Waals surface area (Å²) < 4.78 is 2.01. The summed E-state index contributed by atoms with van der Waals surface area (Å²) in [5.74, 6) is -0.808.